The maximum Gasteiger partial charge on any atom is 0.256 e. The maximum atomic E-state index is 12.6. The van der Waals surface area contributed by atoms with Gasteiger partial charge in [-0.2, -0.15) is 5.10 Å². The summed E-state index contributed by atoms with van der Waals surface area (Å²) in [6, 6.07) is 12.1. The second kappa shape index (κ2) is 5.00. The lowest BCUT2D eigenvalue weighted by molar-refractivity contribution is -0.110. The molecule has 25 heavy (non-hydrogen) atoms. The fourth-order valence-corrected chi connectivity index (χ4v) is 4.13. The predicted octanol–water partition coefficient (Wildman–Crippen LogP) is 4.05. The number of imidazole rings is 1. The average Bonchev–Trinajstić information content (AvgIpc) is 3.20. The zero-order valence-corrected chi connectivity index (χ0v) is 14.5. The molecule has 0 atom stereocenters. The number of aromatic nitrogens is 3. The number of hydrogen-bond acceptors (Lipinski definition) is 4. The summed E-state index contributed by atoms with van der Waals surface area (Å²) in [5.41, 5.74) is 4.17. The van der Waals surface area contributed by atoms with Crippen molar-refractivity contribution in [3.05, 3.63) is 58.4 Å². The highest BCUT2D eigenvalue weighted by molar-refractivity contribution is 7.16. The zero-order chi connectivity index (χ0) is 17.1. The Morgan fingerprint density at radius 2 is 2.00 bits per heavy atom. The summed E-state index contributed by atoms with van der Waals surface area (Å²) in [5.74, 6) is -0.0901. The van der Waals surface area contributed by atoms with Crippen LogP contribution in [0.2, 0.25) is 0 Å². The van der Waals surface area contributed by atoms with Gasteiger partial charge in [0.1, 0.15) is 5.01 Å². The molecule has 0 unspecified atom stereocenters. The molecule has 1 amide bonds. The average molecular weight is 346 g/mol. The van der Waals surface area contributed by atoms with Gasteiger partial charge in [-0.25, -0.2) is 9.50 Å². The van der Waals surface area contributed by atoms with Crippen LogP contribution < -0.4 is 5.32 Å². The molecular formula is C19H14N4OS. The van der Waals surface area contributed by atoms with E-state index in [-0.39, 0.29) is 5.91 Å². The molecule has 0 saturated carbocycles. The van der Waals surface area contributed by atoms with Crippen LogP contribution in [0.3, 0.4) is 0 Å². The van der Waals surface area contributed by atoms with E-state index in [9.17, 15) is 4.79 Å². The van der Waals surface area contributed by atoms with Crippen LogP contribution in [0.15, 0.2) is 36.4 Å². The van der Waals surface area contributed by atoms with Gasteiger partial charge in [-0.15, -0.1) is 0 Å². The number of aryl methyl sites for hydroxylation is 2. The van der Waals surface area contributed by atoms with E-state index in [0.29, 0.717) is 5.57 Å². The van der Waals surface area contributed by atoms with Crippen LogP contribution in [0.4, 0.5) is 5.69 Å². The molecule has 0 spiro atoms. The van der Waals surface area contributed by atoms with E-state index in [0.717, 1.165) is 43.4 Å². The summed E-state index contributed by atoms with van der Waals surface area (Å²) in [6.07, 6.45) is 1.89. The van der Waals surface area contributed by atoms with Crippen molar-refractivity contribution >= 4 is 50.3 Å². The summed E-state index contributed by atoms with van der Waals surface area (Å²) in [4.78, 5) is 18.0. The standard InChI is InChI=1S/C19H14N4OS/c1-10-16(23-19(20-10)25-11(2)22-23)9-15-14-8-7-12-5-3-4-6-13(12)17(14)21-18(15)24/h3-9H,1-2H3,(H,21,24)/b15-9+. The van der Waals surface area contributed by atoms with Gasteiger partial charge in [0.25, 0.3) is 5.91 Å². The lowest BCUT2D eigenvalue weighted by atomic mass is 10.0. The van der Waals surface area contributed by atoms with E-state index in [1.807, 2.05) is 60.8 Å². The molecule has 1 aliphatic rings. The van der Waals surface area contributed by atoms with Crippen molar-refractivity contribution in [3.8, 4) is 0 Å². The van der Waals surface area contributed by atoms with Crippen LogP contribution >= 0.6 is 11.3 Å². The van der Waals surface area contributed by atoms with Crippen molar-refractivity contribution in [1.29, 1.82) is 0 Å². The Bertz CT molecular complexity index is 1220. The normalized spacial score (nSPS) is 15.3. The van der Waals surface area contributed by atoms with E-state index >= 15 is 0 Å². The largest absolute Gasteiger partial charge is 0.321 e. The van der Waals surface area contributed by atoms with Crippen molar-refractivity contribution in [2.24, 2.45) is 0 Å². The van der Waals surface area contributed by atoms with Gasteiger partial charge in [-0.1, -0.05) is 47.7 Å². The van der Waals surface area contributed by atoms with E-state index in [1.54, 1.807) is 11.3 Å². The molecule has 2 aromatic heterocycles. The molecule has 3 heterocycles. The molecule has 0 fully saturated rings. The zero-order valence-electron chi connectivity index (χ0n) is 13.7. The second-order valence-corrected chi connectivity index (χ2v) is 7.28. The number of carbonyl (C=O) groups excluding carboxylic acids is 1. The van der Waals surface area contributed by atoms with Crippen LogP contribution in [0.5, 0.6) is 0 Å². The highest BCUT2D eigenvalue weighted by Gasteiger charge is 2.26. The number of fused-ring (bicyclic) bond motifs is 4. The number of carbonyl (C=O) groups is 1. The molecule has 0 radical (unpaired) electrons. The van der Waals surface area contributed by atoms with Crippen molar-refractivity contribution in [2.45, 2.75) is 13.8 Å². The van der Waals surface area contributed by atoms with E-state index in [1.165, 1.54) is 0 Å². The van der Waals surface area contributed by atoms with E-state index < -0.39 is 0 Å². The fourth-order valence-electron chi connectivity index (χ4n) is 3.34. The summed E-state index contributed by atoms with van der Waals surface area (Å²) in [5, 5.41) is 10.6. The van der Waals surface area contributed by atoms with E-state index in [2.05, 4.69) is 15.4 Å². The monoisotopic (exact) mass is 346 g/mol. The molecule has 4 aromatic rings. The molecule has 1 aliphatic heterocycles. The van der Waals surface area contributed by atoms with Gasteiger partial charge in [0.15, 0.2) is 0 Å². The molecule has 5 rings (SSSR count). The number of hydrogen-bond donors (Lipinski definition) is 1. The Labute approximate surface area is 147 Å². The molecule has 0 saturated heterocycles. The van der Waals surface area contributed by atoms with Gasteiger partial charge in [0.2, 0.25) is 4.96 Å². The first-order valence-corrected chi connectivity index (χ1v) is 8.81. The van der Waals surface area contributed by atoms with Crippen molar-refractivity contribution < 1.29 is 4.79 Å². The van der Waals surface area contributed by atoms with Gasteiger partial charge >= 0.3 is 0 Å². The number of amides is 1. The molecule has 2 aromatic carbocycles. The van der Waals surface area contributed by atoms with Gasteiger partial charge in [0, 0.05) is 10.9 Å². The van der Waals surface area contributed by atoms with Crippen LogP contribution in [0.25, 0.3) is 27.4 Å². The van der Waals surface area contributed by atoms with Crippen LogP contribution in [0, 0.1) is 13.8 Å². The smallest absolute Gasteiger partial charge is 0.256 e. The topological polar surface area (TPSA) is 59.3 Å². The van der Waals surface area contributed by atoms with Crippen LogP contribution in [-0.2, 0) is 4.79 Å². The van der Waals surface area contributed by atoms with Crippen LogP contribution in [-0.4, -0.2) is 20.5 Å². The second-order valence-electron chi connectivity index (χ2n) is 6.12. The number of nitrogens with zero attached hydrogens (tertiary/aromatic N) is 3. The minimum Gasteiger partial charge on any atom is -0.321 e. The summed E-state index contributed by atoms with van der Waals surface area (Å²) in [7, 11) is 0. The first-order chi connectivity index (χ1) is 12.1. The molecule has 122 valence electrons. The first kappa shape index (κ1) is 14.4. The lowest BCUT2D eigenvalue weighted by Gasteiger charge is -2.04. The SMILES string of the molecule is Cc1nn2c(/C=C3/C(=O)Nc4c3ccc3ccccc43)c(C)nc2s1. The van der Waals surface area contributed by atoms with Crippen molar-refractivity contribution in [1.82, 2.24) is 14.6 Å². The highest BCUT2D eigenvalue weighted by atomic mass is 32.1. The van der Waals surface area contributed by atoms with Gasteiger partial charge < -0.3 is 5.32 Å². The third-order valence-electron chi connectivity index (χ3n) is 4.51. The van der Waals surface area contributed by atoms with Crippen LogP contribution in [0.1, 0.15) is 22.0 Å². The third kappa shape index (κ3) is 2.04. The lowest BCUT2D eigenvalue weighted by Crippen LogP contribution is -2.04. The number of anilines is 1. The minimum atomic E-state index is -0.0901. The minimum absolute atomic E-state index is 0.0901. The molecule has 0 aliphatic carbocycles. The summed E-state index contributed by atoms with van der Waals surface area (Å²) < 4.78 is 1.81. The molecule has 5 nitrogen and oxygen atoms in total. The maximum absolute atomic E-state index is 12.6. The fraction of sp³-hybridized carbons (Fsp3) is 0.105. The molecule has 1 N–H and O–H groups in total. The number of rotatable bonds is 1. The molecule has 0 bridgehead atoms. The third-order valence-corrected chi connectivity index (χ3v) is 5.33. The first-order valence-electron chi connectivity index (χ1n) is 8.00. The molecule has 6 heteroatoms. The Hall–Kier alpha value is -2.99. The summed E-state index contributed by atoms with van der Waals surface area (Å²) in [6.45, 7) is 3.90. The van der Waals surface area contributed by atoms with Crippen molar-refractivity contribution in [2.75, 3.05) is 5.32 Å². The van der Waals surface area contributed by atoms with Crippen molar-refractivity contribution in [3.63, 3.8) is 0 Å². The summed E-state index contributed by atoms with van der Waals surface area (Å²) >= 11 is 1.54. The Kier molecular flexibility index (Phi) is 2.87. The quantitative estimate of drug-likeness (QED) is 0.529. The van der Waals surface area contributed by atoms with E-state index in [4.69, 9.17) is 0 Å². The Balaban J connectivity index is 1.75. The number of nitrogens with one attached hydrogen (secondary N) is 1. The van der Waals surface area contributed by atoms with Gasteiger partial charge in [-0.05, 0) is 25.3 Å². The Morgan fingerprint density at radius 1 is 1.16 bits per heavy atom. The Morgan fingerprint density at radius 3 is 2.88 bits per heavy atom. The highest BCUT2D eigenvalue weighted by Crippen LogP contribution is 2.38. The molecular weight excluding hydrogens is 332 g/mol. The predicted molar refractivity (Wildman–Crippen MR) is 101 cm³/mol. The van der Waals surface area contributed by atoms with Gasteiger partial charge in [0.05, 0.1) is 22.6 Å². The number of benzene rings is 2. The van der Waals surface area contributed by atoms with Gasteiger partial charge in [-0.3, -0.25) is 4.79 Å².